The Kier molecular flexibility index (Phi) is 5.51. The molecule has 0 spiro atoms. The van der Waals surface area contributed by atoms with Crippen molar-refractivity contribution in [1.82, 2.24) is 0 Å². The van der Waals surface area contributed by atoms with Gasteiger partial charge in [0.15, 0.2) is 8.07 Å². The van der Waals surface area contributed by atoms with E-state index in [1.807, 2.05) is 0 Å². The van der Waals surface area contributed by atoms with Crippen LogP contribution in [0, 0.1) is 5.92 Å². The molecule has 0 bridgehead atoms. The zero-order valence-electron chi connectivity index (χ0n) is 17.3. The fraction of sp³-hybridized carbons (Fsp3) is 0.143. The molecule has 29 heavy (non-hydrogen) atoms. The molecule has 0 fully saturated rings. The highest BCUT2D eigenvalue weighted by Gasteiger charge is 2.48. The Hall–Kier alpha value is -2.90. The summed E-state index contributed by atoms with van der Waals surface area (Å²) < 4.78 is 0. The van der Waals surface area contributed by atoms with Gasteiger partial charge in [-0.3, -0.25) is 0 Å². The third kappa shape index (κ3) is 3.26. The Morgan fingerprint density at radius 3 is 1.90 bits per heavy atom. The maximum absolute atomic E-state index is 4.31. The predicted octanol–water partition coefficient (Wildman–Crippen LogP) is 5.25. The molecule has 0 atom stereocenters. The molecule has 0 aromatic heterocycles. The molecular weight excluding hydrogens is 364 g/mol. The number of benzene rings is 3. The molecule has 1 aliphatic rings. The second-order valence-corrected chi connectivity index (χ2v) is 11.8. The zero-order chi connectivity index (χ0) is 20.3. The van der Waals surface area contributed by atoms with Crippen molar-refractivity contribution in [2.75, 3.05) is 0 Å². The Bertz CT molecular complexity index is 1020. The lowest BCUT2D eigenvalue weighted by Crippen LogP contribution is -2.67. The molecule has 0 unspecified atom stereocenters. The summed E-state index contributed by atoms with van der Waals surface area (Å²) in [6, 6.07) is 31.1. The van der Waals surface area contributed by atoms with Crippen molar-refractivity contribution in [2.24, 2.45) is 5.92 Å². The zero-order valence-corrected chi connectivity index (χ0v) is 18.3. The molecule has 1 aliphatic heterocycles. The number of allylic oxidation sites excluding steroid dienone is 5. The van der Waals surface area contributed by atoms with Gasteiger partial charge in [0.25, 0.3) is 0 Å². The summed E-state index contributed by atoms with van der Waals surface area (Å²) >= 11 is 0. The number of fused-ring (bicyclic) bond motifs is 1. The summed E-state index contributed by atoms with van der Waals surface area (Å²) in [5.74, 6) is 0.654. The van der Waals surface area contributed by atoms with Crippen LogP contribution < -0.4 is 15.6 Å². The second-order valence-electron chi connectivity index (χ2n) is 8.09. The molecule has 0 radical (unpaired) electrons. The molecule has 144 valence electrons. The first-order valence-electron chi connectivity index (χ1n) is 10.4. The van der Waals surface area contributed by atoms with Crippen LogP contribution in [0.15, 0.2) is 115 Å². The average molecular weight is 393 g/mol. The Morgan fingerprint density at radius 2 is 1.34 bits per heavy atom. The second kappa shape index (κ2) is 8.22. The Labute approximate surface area is 176 Å². The van der Waals surface area contributed by atoms with Crippen molar-refractivity contribution in [3.63, 3.8) is 0 Å². The van der Waals surface area contributed by atoms with Crippen molar-refractivity contribution in [1.29, 1.82) is 0 Å². The van der Waals surface area contributed by atoms with Gasteiger partial charge in [0.1, 0.15) is 0 Å². The molecule has 0 nitrogen and oxygen atoms in total. The van der Waals surface area contributed by atoms with E-state index in [9.17, 15) is 0 Å². The highest BCUT2D eigenvalue weighted by Crippen LogP contribution is 2.35. The number of rotatable bonds is 6. The van der Waals surface area contributed by atoms with E-state index in [0.717, 1.165) is 6.42 Å². The van der Waals surface area contributed by atoms with Gasteiger partial charge in [-0.05, 0) is 44.2 Å². The molecule has 0 saturated heterocycles. The number of hydrogen-bond acceptors (Lipinski definition) is 0. The minimum absolute atomic E-state index is 0.654. The van der Waals surface area contributed by atoms with E-state index in [-0.39, 0.29) is 0 Å². The largest absolute Gasteiger partial charge is 0.180 e. The topological polar surface area (TPSA) is 0 Å². The normalized spacial score (nSPS) is 15.1. The van der Waals surface area contributed by atoms with Crippen molar-refractivity contribution in [3.05, 3.63) is 120 Å². The van der Waals surface area contributed by atoms with Crippen LogP contribution in [0.25, 0.3) is 5.57 Å². The van der Waals surface area contributed by atoms with Gasteiger partial charge in [-0.15, -0.1) is 0 Å². The van der Waals surface area contributed by atoms with Crippen LogP contribution in [0.2, 0.25) is 0 Å². The first kappa shape index (κ1) is 19.4. The highest BCUT2D eigenvalue weighted by atomic mass is 28.3. The summed E-state index contributed by atoms with van der Waals surface area (Å²) in [6.45, 7) is 8.84. The lowest BCUT2D eigenvalue weighted by atomic mass is 10.0. The molecule has 0 amide bonds. The fourth-order valence-corrected chi connectivity index (χ4v) is 9.75. The maximum atomic E-state index is 4.31. The summed E-state index contributed by atoms with van der Waals surface area (Å²) in [6.07, 6.45) is 7.89. The average Bonchev–Trinajstić information content (AvgIpc) is 3.05. The van der Waals surface area contributed by atoms with Crippen molar-refractivity contribution in [3.8, 4) is 0 Å². The van der Waals surface area contributed by atoms with E-state index in [0.29, 0.717) is 5.92 Å². The van der Waals surface area contributed by atoms with Crippen LogP contribution in [0.1, 0.15) is 25.8 Å². The van der Waals surface area contributed by atoms with Gasteiger partial charge >= 0.3 is 0 Å². The highest BCUT2D eigenvalue weighted by molar-refractivity contribution is 7.18. The maximum Gasteiger partial charge on any atom is 0.180 e. The van der Waals surface area contributed by atoms with E-state index in [2.05, 4.69) is 124 Å². The summed E-state index contributed by atoms with van der Waals surface area (Å²) in [5, 5.41) is 5.70. The van der Waals surface area contributed by atoms with Crippen LogP contribution >= 0.6 is 0 Å². The van der Waals surface area contributed by atoms with Crippen molar-refractivity contribution in [2.45, 2.75) is 20.3 Å². The van der Waals surface area contributed by atoms with E-state index in [1.165, 1.54) is 31.9 Å². The minimum Gasteiger partial charge on any atom is -0.0991 e. The van der Waals surface area contributed by atoms with Gasteiger partial charge < -0.3 is 0 Å². The molecule has 3 aromatic rings. The summed E-state index contributed by atoms with van der Waals surface area (Å²) in [5.41, 5.74) is 2.71. The molecule has 0 N–H and O–H groups in total. The first-order chi connectivity index (χ1) is 14.2. The third-order valence-electron chi connectivity index (χ3n) is 5.83. The van der Waals surface area contributed by atoms with Gasteiger partial charge in [0, 0.05) is 0 Å². The van der Waals surface area contributed by atoms with Crippen LogP contribution in [0.4, 0.5) is 0 Å². The quantitative estimate of drug-likeness (QED) is 0.503. The monoisotopic (exact) mass is 392 g/mol. The smallest absolute Gasteiger partial charge is 0.0991 e. The SMILES string of the molecule is C=CC1=C(/C=C\CC(C)C)c2ccccc2[Si]1(c1ccccc1)c1ccccc1. The van der Waals surface area contributed by atoms with Gasteiger partial charge in [-0.1, -0.05) is 124 Å². The first-order valence-corrected chi connectivity index (χ1v) is 12.4. The van der Waals surface area contributed by atoms with E-state index >= 15 is 0 Å². The molecule has 0 saturated carbocycles. The van der Waals surface area contributed by atoms with Gasteiger partial charge in [0.2, 0.25) is 0 Å². The standard InChI is InChI=1S/C28H28Si/c1-4-27-25(20-13-14-22(2)3)26-19-11-12-21-28(26)29(27,23-15-7-5-8-16-23)24-17-9-6-10-18-24/h4-13,15-22H,1,14H2,2-3H3/b20-13-. The molecule has 1 heterocycles. The van der Waals surface area contributed by atoms with Crippen LogP contribution in [0.3, 0.4) is 0 Å². The molecule has 4 rings (SSSR count). The molecular formula is C28H28Si. The van der Waals surface area contributed by atoms with E-state index < -0.39 is 8.07 Å². The fourth-order valence-electron chi connectivity index (χ4n) is 4.60. The lowest BCUT2D eigenvalue weighted by molar-refractivity contribution is 0.664. The molecule has 0 aliphatic carbocycles. The number of hydrogen-bond donors (Lipinski definition) is 0. The van der Waals surface area contributed by atoms with Crippen molar-refractivity contribution < 1.29 is 0 Å². The predicted molar refractivity (Wildman–Crippen MR) is 130 cm³/mol. The third-order valence-corrected chi connectivity index (χ3v) is 10.7. The Balaban J connectivity index is 2.07. The van der Waals surface area contributed by atoms with Crippen LogP contribution in [-0.4, -0.2) is 8.07 Å². The summed E-state index contributed by atoms with van der Waals surface area (Å²) in [4.78, 5) is 0. The van der Waals surface area contributed by atoms with Gasteiger partial charge in [0.05, 0.1) is 0 Å². The minimum atomic E-state index is -2.36. The van der Waals surface area contributed by atoms with Gasteiger partial charge in [-0.25, -0.2) is 0 Å². The van der Waals surface area contributed by atoms with Crippen molar-refractivity contribution >= 4 is 29.2 Å². The van der Waals surface area contributed by atoms with E-state index in [1.54, 1.807) is 0 Å². The lowest BCUT2D eigenvalue weighted by Gasteiger charge is -2.32. The Morgan fingerprint density at radius 1 is 0.793 bits per heavy atom. The summed E-state index contributed by atoms with van der Waals surface area (Å²) in [7, 11) is -2.36. The van der Waals surface area contributed by atoms with E-state index in [4.69, 9.17) is 0 Å². The molecule has 1 heteroatoms. The molecule has 3 aromatic carbocycles. The van der Waals surface area contributed by atoms with Gasteiger partial charge in [-0.2, -0.15) is 0 Å². The van der Waals surface area contributed by atoms with Crippen LogP contribution in [-0.2, 0) is 0 Å². The van der Waals surface area contributed by atoms with Crippen LogP contribution in [0.5, 0.6) is 0 Å².